The second kappa shape index (κ2) is 5.29. The van der Waals surface area contributed by atoms with Crippen LogP contribution >= 0.6 is 0 Å². The van der Waals surface area contributed by atoms with Crippen LogP contribution in [-0.2, 0) is 0 Å². The van der Waals surface area contributed by atoms with Crippen molar-refractivity contribution in [3.8, 4) is 0 Å². The fraction of sp³-hybridized carbons (Fsp3) is 0.636. The summed E-state index contributed by atoms with van der Waals surface area (Å²) in [6, 6.07) is 1.95. The highest BCUT2D eigenvalue weighted by atomic mass is 16.3. The largest absolute Gasteiger partial charge is 0.396 e. The van der Waals surface area contributed by atoms with Crippen molar-refractivity contribution >= 4 is 11.6 Å². The van der Waals surface area contributed by atoms with Gasteiger partial charge in [-0.2, -0.15) is 0 Å². The number of aliphatic hydroxyl groups is 1. The average molecular weight is 237 g/mol. The molecule has 94 valence electrons. The monoisotopic (exact) mass is 237 g/mol. The molecule has 1 aromatic heterocycles. The number of nitrogens with two attached hydrogens (primary N) is 1. The Morgan fingerprint density at radius 1 is 1.47 bits per heavy atom. The van der Waals surface area contributed by atoms with Crippen molar-refractivity contribution in [3.05, 3.63) is 11.9 Å². The second-order valence-corrected chi connectivity index (χ2v) is 4.47. The fourth-order valence-electron chi connectivity index (χ4n) is 1.66. The molecule has 0 amide bonds. The maximum absolute atomic E-state index is 8.86. The Hall–Kier alpha value is -1.40. The Kier molecular flexibility index (Phi) is 3.75. The summed E-state index contributed by atoms with van der Waals surface area (Å²) in [4.78, 5) is 8.80. The minimum Gasteiger partial charge on any atom is -0.396 e. The second-order valence-electron chi connectivity index (χ2n) is 4.47. The van der Waals surface area contributed by atoms with E-state index in [9.17, 15) is 0 Å². The molecule has 0 radical (unpaired) electrons. The van der Waals surface area contributed by atoms with Crippen molar-refractivity contribution in [1.29, 1.82) is 0 Å². The molecule has 1 aromatic rings. The van der Waals surface area contributed by atoms with E-state index in [0.717, 1.165) is 24.5 Å². The molecule has 1 saturated carbocycles. The van der Waals surface area contributed by atoms with Gasteiger partial charge in [-0.25, -0.2) is 15.8 Å². The molecule has 5 N–H and O–H groups in total. The van der Waals surface area contributed by atoms with Gasteiger partial charge >= 0.3 is 0 Å². The maximum atomic E-state index is 8.86. The van der Waals surface area contributed by atoms with Gasteiger partial charge < -0.3 is 15.8 Å². The number of rotatable bonds is 6. The first-order chi connectivity index (χ1) is 8.22. The summed E-state index contributed by atoms with van der Waals surface area (Å²) in [5, 5.41) is 12.1. The number of hydrazine groups is 1. The van der Waals surface area contributed by atoms with Crippen LogP contribution in [0.4, 0.5) is 11.6 Å². The molecule has 1 fully saturated rings. The molecule has 6 nitrogen and oxygen atoms in total. The third kappa shape index (κ3) is 3.28. The van der Waals surface area contributed by atoms with Crippen molar-refractivity contribution in [2.45, 2.75) is 38.1 Å². The van der Waals surface area contributed by atoms with E-state index in [2.05, 4.69) is 20.7 Å². The summed E-state index contributed by atoms with van der Waals surface area (Å²) in [5.74, 6) is 8.10. The van der Waals surface area contributed by atoms with E-state index in [1.54, 1.807) is 6.07 Å². The highest BCUT2D eigenvalue weighted by molar-refractivity contribution is 5.48. The molecule has 0 aliphatic heterocycles. The Balaban J connectivity index is 2.11. The number of hydrogen-bond acceptors (Lipinski definition) is 6. The Morgan fingerprint density at radius 2 is 2.18 bits per heavy atom. The van der Waals surface area contributed by atoms with Gasteiger partial charge in [0.05, 0.1) is 0 Å². The first kappa shape index (κ1) is 12.1. The molecule has 6 heteroatoms. The standard InChI is InChI=1S/C11H19N5O/c1-7(4-5-17)13-9-6-10(16-12)15-11(14-9)8-2-3-8/h6-8,17H,2-5,12H2,1H3,(H2,13,14,15,16). The van der Waals surface area contributed by atoms with Gasteiger partial charge in [0.1, 0.15) is 17.5 Å². The molecule has 1 aliphatic rings. The highest BCUT2D eigenvalue weighted by Gasteiger charge is 2.27. The van der Waals surface area contributed by atoms with Gasteiger partial charge in [0, 0.05) is 24.6 Å². The number of anilines is 2. The van der Waals surface area contributed by atoms with Crippen LogP contribution in [0.25, 0.3) is 0 Å². The molecule has 0 bridgehead atoms. The van der Waals surface area contributed by atoms with Crippen molar-refractivity contribution in [2.75, 3.05) is 17.3 Å². The van der Waals surface area contributed by atoms with E-state index >= 15 is 0 Å². The maximum Gasteiger partial charge on any atom is 0.145 e. The number of hydrogen-bond donors (Lipinski definition) is 4. The van der Waals surface area contributed by atoms with E-state index in [-0.39, 0.29) is 12.6 Å². The van der Waals surface area contributed by atoms with E-state index in [1.165, 1.54) is 0 Å². The van der Waals surface area contributed by atoms with Gasteiger partial charge in [-0.05, 0) is 26.2 Å². The summed E-state index contributed by atoms with van der Waals surface area (Å²) in [7, 11) is 0. The van der Waals surface area contributed by atoms with Crippen molar-refractivity contribution in [2.24, 2.45) is 5.84 Å². The molecule has 2 rings (SSSR count). The molecule has 0 aromatic carbocycles. The zero-order valence-corrected chi connectivity index (χ0v) is 9.98. The zero-order valence-electron chi connectivity index (χ0n) is 9.98. The minimum absolute atomic E-state index is 0.163. The summed E-state index contributed by atoms with van der Waals surface area (Å²) in [6.07, 6.45) is 2.99. The third-order valence-electron chi connectivity index (χ3n) is 2.79. The van der Waals surface area contributed by atoms with Crippen LogP contribution in [0.1, 0.15) is 37.9 Å². The van der Waals surface area contributed by atoms with Gasteiger partial charge in [0.15, 0.2) is 0 Å². The molecule has 1 heterocycles. The molecule has 0 spiro atoms. The Morgan fingerprint density at radius 3 is 2.76 bits per heavy atom. The summed E-state index contributed by atoms with van der Waals surface area (Å²) in [5.41, 5.74) is 2.56. The van der Waals surface area contributed by atoms with Crippen molar-refractivity contribution in [3.63, 3.8) is 0 Å². The van der Waals surface area contributed by atoms with E-state index in [0.29, 0.717) is 18.2 Å². The Bertz CT molecular complexity index is 380. The number of nitrogens with one attached hydrogen (secondary N) is 2. The first-order valence-corrected chi connectivity index (χ1v) is 5.96. The lowest BCUT2D eigenvalue weighted by molar-refractivity contribution is 0.282. The predicted octanol–water partition coefficient (Wildman–Crippen LogP) is 0.822. The number of aliphatic hydroxyl groups excluding tert-OH is 1. The van der Waals surface area contributed by atoms with Gasteiger partial charge in [-0.1, -0.05) is 0 Å². The van der Waals surface area contributed by atoms with Gasteiger partial charge in [0.2, 0.25) is 0 Å². The molecule has 1 unspecified atom stereocenters. The smallest absolute Gasteiger partial charge is 0.145 e. The topological polar surface area (TPSA) is 96.1 Å². The molecular weight excluding hydrogens is 218 g/mol. The van der Waals surface area contributed by atoms with Crippen molar-refractivity contribution < 1.29 is 5.11 Å². The summed E-state index contributed by atoms with van der Waals surface area (Å²) in [6.45, 7) is 2.17. The zero-order chi connectivity index (χ0) is 12.3. The van der Waals surface area contributed by atoms with Gasteiger partial charge in [0.25, 0.3) is 0 Å². The average Bonchev–Trinajstić information content (AvgIpc) is 3.12. The fourth-order valence-corrected chi connectivity index (χ4v) is 1.66. The Labute approximate surface area is 101 Å². The number of nitrogens with zero attached hydrogens (tertiary/aromatic N) is 2. The van der Waals surface area contributed by atoms with E-state index in [1.807, 2.05) is 6.92 Å². The van der Waals surface area contributed by atoms with Crippen LogP contribution in [0.3, 0.4) is 0 Å². The van der Waals surface area contributed by atoms with Crippen LogP contribution in [0.2, 0.25) is 0 Å². The van der Waals surface area contributed by atoms with Crippen LogP contribution in [-0.4, -0.2) is 27.7 Å². The molecule has 1 aliphatic carbocycles. The quantitative estimate of drug-likeness (QED) is 0.432. The highest BCUT2D eigenvalue weighted by Crippen LogP contribution is 2.38. The van der Waals surface area contributed by atoms with E-state index < -0.39 is 0 Å². The van der Waals surface area contributed by atoms with Crippen LogP contribution in [0.15, 0.2) is 6.07 Å². The predicted molar refractivity (Wildman–Crippen MR) is 66.6 cm³/mol. The lowest BCUT2D eigenvalue weighted by Crippen LogP contribution is -2.19. The van der Waals surface area contributed by atoms with E-state index in [4.69, 9.17) is 10.9 Å². The van der Waals surface area contributed by atoms with Crippen molar-refractivity contribution in [1.82, 2.24) is 9.97 Å². The SMILES string of the molecule is CC(CCO)Nc1cc(NN)nc(C2CC2)n1. The summed E-state index contributed by atoms with van der Waals surface area (Å²) >= 11 is 0. The molecular formula is C11H19N5O. The van der Waals surface area contributed by atoms with Crippen LogP contribution < -0.4 is 16.6 Å². The lowest BCUT2D eigenvalue weighted by atomic mass is 10.2. The summed E-state index contributed by atoms with van der Waals surface area (Å²) < 4.78 is 0. The number of aromatic nitrogens is 2. The van der Waals surface area contributed by atoms with Gasteiger partial charge in [-0.3, -0.25) is 0 Å². The lowest BCUT2D eigenvalue weighted by Gasteiger charge is -2.14. The third-order valence-corrected chi connectivity index (χ3v) is 2.79. The molecule has 17 heavy (non-hydrogen) atoms. The normalized spacial score (nSPS) is 16.6. The molecule has 0 saturated heterocycles. The molecule has 1 atom stereocenters. The minimum atomic E-state index is 0.163. The van der Waals surface area contributed by atoms with Gasteiger partial charge in [-0.15, -0.1) is 0 Å². The first-order valence-electron chi connectivity index (χ1n) is 5.96. The van der Waals surface area contributed by atoms with Crippen LogP contribution in [0, 0.1) is 0 Å². The number of nitrogen functional groups attached to an aromatic ring is 1. The van der Waals surface area contributed by atoms with Crippen LogP contribution in [0.5, 0.6) is 0 Å².